The second-order valence-corrected chi connectivity index (χ2v) is 6.79. The van der Waals surface area contributed by atoms with E-state index in [0.717, 1.165) is 32.2 Å². The van der Waals surface area contributed by atoms with Crippen LogP contribution in [0.2, 0.25) is 0 Å². The SMILES string of the molecule is CCOC(=O)[C@@H]1CCCN([C@H](C)C(=O)N2CCC[C@@H](C(N)=O)C2)C1. The zero-order valence-electron chi connectivity index (χ0n) is 14.7. The molecule has 3 atom stereocenters. The van der Waals surface area contributed by atoms with Crippen molar-refractivity contribution in [3.8, 4) is 0 Å². The average Bonchev–Trinajstić information content (AvgIpc) is 2.60. The average molecular weight is 339 g/mol. The molecule has 0 spiro atoms. The van der Waals surface area contributed by atoms with Gasteiger partial charge >= 0.3 is 5.97 Å². The van der Waals surface area contributed by atoms with E-state index < -0.39 is 0 Å². The molecule has 24 heavy (non-hydrogen) atoms. The van der Waals surface area contributed by atoms with Gasteiger partial charge in [-0.15, -0.1) is 0 Å². The first-order chi connectivity index (χ1) is 11.4. The van der Waals surface area contributed by atoms with Crippen LogP contribution in [0, 0.1) is 11.8 Å². The maximum Gasteiger partial charge on any atom is 0.310 e. The molecule has 0 aromatic heterocycles. The molecule has 2 amide bonds. The molecule has 0 unspecified atom stereocenters. The highest BCUT2D eigenvalue weighted by atomic mass is 16.5. The minimum Gasteiger partial charge on any atom is -0.466 e. The number of esters is 1. The number of carbonyl (C=O) groups excluding carboxylic acids is 3. The Morgan fingerprint density at radius 1 is 1.12 bits per heavy atom. The van der Waals surface area contributed by atoms with Gasteiger partial charge in [-0.25, -0.2) is 0 Å². The van der Waals surface area contributed by atoms with Gasteiger partial charge < -0.3 is 15.4 Å². The number of nitrogens with zero attached hydrogens (tertiary/aromatic N) is 2. The molecule has 7 nitrogen and oxygen atoms in total. The van der Waals surface area contributed by atoms with Crippen molar-refractivity contribution >= 4 is 17.8 Å². The Kier molecular flexibility index (Phi) is 6.60. The van der Waals surface area contributed by atoms with Crippen molar-refractivity contribution in [2.45, 2.75) is 45.6 Å². The Morgan fingerprint density at radius 3 is 2.46 bits per heavy atom. The highest BCUT2D eigenvalue weighted by Gasteiger charge is 2.35. The predicted molar refractivity (Wildman–Crippen MR) is 88.9 cm³/mol. The largest absolute Gasteiger partial charge is 0.466 e. The van der Waals surface area contributed by atoms with Crippen LogP contribution in [0.5, 0.6) is 0 Å². The first-order valence-electron chi connectivity index (χ1n) is 8.92. The monoisotopic (exact) mass is 339 g/mol. The van der Waals surface area contributed by atoms with Gasteiger partial charge in [0.1, 0.15) is 0 Å². The molecular weight excluding hydrogens is 310 g/mol. The minimum atomic E-state index is -0.333. The summed E-state index contributed by atoms with van der Waals surface area (Å²) in [6, 6.07) is -0.297. The number of rotatable bonds is 5. The first kappa shape index (κ1) is 18.7. The second-order valence-electron chi connectivity index (χ2n) is 6.79. The molecule has 136 valence electrons. The van der Waals surface area contributed by atoms with E-state index in [1.165, 1.54) is 0 Å². The van der Waals surface area contributed by atoms with Crippen molar-refractivity contribution in [2.75, 3.05) is 32.8 Å². The molecule has 2 aliphatic heterocycles. The summed E-state index contributed by atoms with van der Waals surface area (Å²) in [5, 5.41) is 0. The van der Waals surface area contributed by atoms with Crippen LogP contribution in [0.1, 0.15) is 39.5 Å². The van der Waals surface area contributed by atoms with Crippen LogP contribution in [0.25, 0.3) is 0 Å². The summed E-state index contributed by atoms with van der Waals surface area (Å²) in [5.74, 6) is -0.892. The molecule has 0 aliphatic carbocycles. The maximum atomic E-state index is 12.8. The number of likely N-dealkylation sites (tertiary alicyclic amines) is 2. The molecule has 2 heterocycles. The van der Waals surface area contributed by atoms with Crippen LogP contribution in [0.4, 0.5) is 0 Å². The number of ether oxygens (including phenoxy) is 1. The standard InChI is InChI=1S/C17H29N3O4/c1-3-24-17(23)14-7-5-8-19(11-14)12(2)16(22)20-9-4-6-13(10-20)15(18)21/h12-14H,3-11H2,1-2H3,(H2,18,21)/t12-,13-,14-/m1/s1. The number of primary amides is 1. The Labute approximate surface area is 143 Å². The quantitative estimate of drug-likeness (QED) is 0.731. The number of amides is 2. The van der Waals surface area contributed by atoms with E-state index >= 15 is 0 Å². The Hall–Kier alpha value is -1.63. The van der Waals surface area contributed by atoms with Crippen molar-refractivity contribution in [1.82, 2.24) is 9.80 Å². The highest BCUT2D eigenvalue weighted by Crippen LogP contribution is 2.22. The van der Waals surface area contributed by atoms with Gasteiger partial charge in [0.25, 0.3) is 0 Å². The van der Waals surface area contributed by atoms with Crippen LogP contribution in [0.3, 0.4) is 0 Å². The van der Waals surface area contributed by atoms with E-state index in [2.05, 4.69) is 4.90 Å². The number of carbonyl (C=O) groups is 3. The third-order valence-corrected chi connectivity index (χ3v) is 5.11. The van der Waals surface area contributed by atoms with Crippen molar-refractivity contribution in [3.05, 3.63) is 0 Å². The lowest BCUT2D eigenvalue weighted by Crippen LogP contribution is -2.54. The highest BCUT2D eigenvalue weighted by molar-refractivity contribution is 5.83. The van der Waals surface area contributed by atoms with Gasteiger partial charge in [-0.1, -0.05) is 0 Å². The lowest BCUT2D eigenvalue weighted by Gasteiger charge is -2.39. The summed E-state index contributed by atoms with van der Waals surface area (Å²) < 4.78 is 5.11. The fourth-order valence-electron chi connectivity index (χ4n) is 3.64. The van der Waals surface area contributed by atoms with E-state index in [0.29, 0.717) is 26.2 Å². The van der Waals surface area contributed by atoms with Crippen LogP contribution in [-0.2, 0) is 19.1 Å². The second kappa shape index (κ2) is 8.46. The van der Waals surface area contributed by atoms with E-state index in [4.69, 9.17) is 10.5 Å². The van der Waals surface area contributed by atoms with Crippen molar-refractivity contribution in [1.29, 1.82) is 0 Å². The van der Waals surface area contributed by atoms with Gasteiger partial charge in [-0.3, -0.25) is 19.3 Å². The predicted octanol–water partition coefficient (Wildman–Crippen LogP) is 0.374. The summed E-state index contributed by atoms with van der Waals surface area (Å²) in [7, 11) is 0. The topological polar surface area (TPSA) is 92.9 Å². The number of hydrogen-bond acceptors (Lipinski definition) is 5. The summed E-state index contributed by atoms with van der Waals surface area (Å²) in [6.07, 6.45) is 3.24. The normalized spacial score (nSPS) is 26.7. The summed E-state index contributed by atoms with van der Waals surface area (Å²) >= 11 is 0. The van der Waals surface area contributed by atoms with Gasteiger partial charge in [-0.2, -0.15) is 0 Å². The fourth-order valence-corrected chi connectivity index (χ4v) is 3.64. The Morgan fingerprint density at radius 2 is 1.79 bits per heavy atom. The van der Waals surface area contributed by atoms with Gasteiger partial charge in [-0.05, 0) is 46.1 Å². The van der Waals surface area contributed by atoms with Crippen molar-refractivity contribution < 1.29 is 19.1 Å². The fraction of sp³-hybridized carbons (Fsp3) is 0.824. The third-order valence-electron chi connectivity index (χ3n) is 5.11. The number of nitrogens with two attached hydrogens (primary N) is 1. The van der Waals surface area contributed by atoms with E-state index in [9.17, 15) is 14.4 Å². The van der Waals surface area contributed by atoms with Crippen LogP contribution in [-0.4, -0.2) is 66.4 Å². The molecule has 2 rings (SSSR count). The van der Waals surface area contributed by atoms with Gasteiger partial charge in [0.05, 0.1) is 24.5 Å². The number of piperidine rings is 2. The molecule has 0 radical (unpaired) electrons. The first-order valence-corrected chi connectivity index (χ1v) is 8.92. The van der Waals surface area contributed by atoms with E-state index in [1.807, 2.05) is 6.92 Å². The summed E-state index contributed by atoms with van der Waals surface area (Å²) in [6.45, 7) is 6.50. The maximum absolute atomic E-state index is 12.8. The third kappa shape index (κ3) is 4.47. The molecule has 0 saturated carbocycles. The van der Waals surface area contributed by atoms with Gasteiger partial charge in [0, 0.05) is 19.6 Å². The van der Waals surface area contributed by atoms with Crippen molar-refractivity contribution in [3.63, 3.8) is 0 Å². The lowest BCUT2D eigenvalue weighted by atomic mass is 9.95. The zero-order chi connectivity index (χ0) is 17.7. The summed E-state index contributed by atoms with van der Waals surface area (Å²) in [4.78, 5) is 39.9. The summed E-state index contributed by atoms with van der Waals surface area (Å²) in [5.41, 5.74) is 5.39. The zero-order valence-corrected chi connectivity index (χ0v) is 14.7. The minimum absolute atomic E-state index is 0.0189. The molecule has 7 heteroatoms. The molecule has 0 aromatic carbocycles. The number of hydrogen-bond donors (Lipinski definition) is 1. The lowest BCUT2D eigenvalue weighted by molar-refractivity contribution is -0.152. The van der Waals surface area contributed by atoms with E-state index in [-0.39, 0.29) is 35.7 Å². The smallest absolute Gasteiger partial charge is 0.310 e. The molecular formula is C17H29N3O4. The molecule has 0 bridgehead atoms. The molecule has 2 saturated heterocycles. The molecule has 0 aromatic rings. The molecule has 2 fully saturated rings. The molecule has 2 N–H and O–H groups in total. The molecule has 2 aliphatic rings. The van der Waals surface area contributed by atoms with Crippen LogP contribution in [0.15, 0.2) is 0 Å². The Bertz CT molecular complexity index is 482. The van der Waals surface area contributed by atoms with Crippen molar-refractivity contribution in [2.24, 2.45) is 17.6 Å². The van der Waals surface area contributed by atoms with Crippen LogP contribution < -0.4 is 5.73 Å². The van der Waals surface area contributed by atoms with Gasteiger partial charge in [0.2, 0.25) is 11.8 Å². The van der Waals surface area contributed by atoms with Crippen LogP contribution >= 0.6 is 0 Å². The van der Waals surface area contributed by atoms with Gasteiger partial charge in [0.15, 0.2) is 0 Å². The van der Waals surface area contributed by atoms with E-state index in [1.54, 1.807) is 11.8 Å². The Balaban J connectivity index is 1.94.